The van der Waals surface area contributed by atoms with E-state index in [2.05, 4.69) is 15.6 Å². The summed E-state index contributed by atoms with van der Waals surface area (Å²) in [6.07, 6.45) is -1.34. The van der Waals surface area contributed by atoms with E-state index in [4.69, 9.17) is 24.9 Å². The Morgan fingerprint density at radius 3 is 2.69 bits per heavy atom. The van der Waals surface area contributed by atoms with Crippen LogP contribution < -0.4 is 25.8 Å². The highest BCUT2D eigenvalue weighted by Crippen LogP contribution is 2.35. The fourth-order valence-electron chi connectivity index (χ4n) is 6.08. The largest absolute Gasteiger partial charge is 0.490 e. The maximum Gasteiger partial charge on any atom is 0.234 e. The van der Waals surface area contributed by atoms with E-state index in [0.717, 1.165) is 22.0 Å². The van der Waals surface area contributed by atoms with Gasteiger partial charge in [-0.2, -0.15) is 0 Å². The van der Waals surface area contributed by atoms with Crippen LogP contribution in [0.1, 0.15) is 30.7 Å². The van der Waals surface area contributed by atoms with Crippen molar-refractivity contribution < 1.29 is 34.3 Å². The van der Waals surface area contributed by atoms with Crippen molar-refractivity contribution >= 4 is 33.8 Å². The third-order valence-corrected chi connectivity index (χ3v) is 8.54. The Hall–Kier alpha value is -4.66. The molecular formula is C35H42N6O7. The summed E-state index contributed by atoms with van der Waals surface area (Å²) in [6, 6.07) is 20.5. The molecule has 3 heterocycles. The topological polar surface area (TPSA) is 189 Å². The summed E-state index contributed by atoms with van der Waals surface area (Å²) in [5, 5.41) is 38.5. The second kappa shape index (κ2) is 15.0. The second-order valence-electron chi connectivity index (χ2n) is 11.8. The number of aromatic nitrogens is 3. The van der Waals surface area contributed by atoms with Gasteiger partial charge in [-0.1, -0.05) is 36.4 Å². The molecule has 8 N–H and O–H groups in total. The van der Waals surface area contributed by atoms with Crippen LogP contribution in [0, 0.1) is 0 Å². The van der Waals surface area contributed by atoms with Gasteiger partial charge in [-0.25, -0.2) is 4.98 Å². The SMILES string of the molecule is CCOc1ccc(CNc2nc3ccccc3n2[C@@H]2O[C@H](CO)[C@@H](O)[C@H]2O)cc1OCCCN[C@@H](Cc1c[nH]c2ccccc12)C(N)=O. The van der Waals surface area contributed by atoms with Gasteiger partial charge in [0.15, 0.2) is 17.7 Å². The normalized spacial score (nSPS) is 19.9. The fraction of sp³-hybridized carbons (Fsp3) is 0.371. The van der Waals surface area contributed by atoms with Crippen molar-refractivity contribution in [3.63, 3.8) is 0 Å². The van der Waals surface area contributed by atoms with Gasteiger partial charge < -0.3 is 50.9 Å². The standard InChI is InChI=1S/C35H42N6O7/c1-2-46-28-13-12-21(18-39-35-40-25-10-5-6-11-27(25)41(35)34-32(44)31(43)30(20-42)48-34)16-29(28)47-15-7-14-37-26(33(36)45)17-22-19-38-24-9-4-3-8-23(22)24/h3-6,8-13,16,19,26,30-32,34,37-38,42-44H,2,7,14-15,17-18,20H2,1H3,(H2,36,45)(H,39,40)/t26-,30+,31+,32+,34+/m0/s1. The minimum absolute atomic E-state index is 0.358. The molecule has 0 aliphatic carbocycles. The predicted molar refractivity (Wildman–Crippen MR) is 181 cm³/mol. The minimum Gasteiger partial charge on any atom is -0.490 e. The van der Waals surface area contributed by atoms with Gasteiger partial charge >= 0.3 is 0 Å². The first kappa shape index (κ1) is 33.2. The molecule has 1 saturated heterocycles. The van der Waals surface area contributed by atoms with E-state index >= 15 is 0 Å². The number of carbonyl (C=O) groups excluding carboxylic acids is 1. The number of aromatic amines is 1. The third kappa shape index (κ3) is 7.10. The molecule has 5 atom stereocenters. The lowest BCUT2D eigenvalue weighted by molar-refractivity contribution is -0.120. The number of primary amides is 1. The van der Waals surface area contributed by atoms with Crippen LogP contribution in [0.3, 0.4) is 0 Å². The van der Waals surface area contributed by atoms with Gasteiger partial charge in [0.05, 0.1) is 36.9 Å². The summed E-state index contributed by atoms with van der Waals surface area (Å²) >= 11 is 0. The summed E-state index contributed by atoms with van der Waals surface area (Å²) in [4.78, 5) is 20.2. The number of fused-ring (bicyclic) bond motifs is 2. The summed E-state index contributed by atoms with van der Waals surface area (Å²) in [6.45, 7) is 3.21. The van der Waals surface area contributed by atoms with Gasteiger partial charge in [-0.3, -0.25) is 9.36 Å². The van der Waals surface area contributed by atoms with Gasteiger partial charge in [-0.05, 0) is 67.8 Å². The summed E-state index contributed by atoms with van der Waals surface area (Å²) in [5.41, 5.74) is 10.0. The lowest BCUT2D eigenvalue weighted by Gasteiger charge is -2.20. The monoisotopic (exact) mass is 658 g/mol. The number of amides is 1. The molecule has 0 radical (unpaired) electrons. The van der Waals surface area contributed by atoms with Crippen LogP contribution in [0.4, 0.5) is 5.95 Å². The molecule has 1 aliphatic heterocycles. The smallest absolute Gasteiger partial charge is 0.234 e. The molecule has 254 valence electrons. The van der Waals surface area contributed by atoms with Crippen molar-refractivity contribution in [1.82, 2.24) is 19.9 Å². The molecule has 0 unspecified atom stereocenters. The molecule has 3 aromatic carbocycles. The molecule has 1 amide bonds. The number of imidazole rings is 1. The quantitative estimate of drug-likeness (QED) is 0.0777. The van der Waals surface area contributed by atoms with Crippen LogP contribution in [0.15, 0.2) is 72.9 Å². The number of nitrogens with two attached hydrogens (primary N) is 1. The van der Waals surface area contributed by atoms with E-state index in [1.165, 1.54) is 0 Å². The van der Waals surface area contributed by atoms with Crippen molar-refractivity contribution in [3.05, 3.63) is 84.1 Å². The van der Waals surface area contributed by atoms with Crippen molar-refractivity contribution in [2.24, 2.45) is 5.73 Å². The molecule has 13 nitrogen and oxygen atoms in total. The number of carbonyl (C=O) groups is 1. The van der Waals surface area contributed by atoms with Crippen molar-refractivity contribution in [2.75, 3.05) is 31.7 Å². The summed E-state index contributed by atoms with van der Waals surface area (Å²) < 4.78 is 19.5. The van der Waals surface area contributed by atoms with Crippen LogP contribution in [-0.4, -0.2) is 86.5 Å². The first-order valence-electron chi connectivity index (χ1n) is 16.2. The fourth-order valence-corrected chi connectivity index (χ4v) is 6.08. The number of nitrogens with one attached hydrogen (secondary N) is 3. The zero-order chi connectivity index (χ0) is 33.6. The Balaban J connectivity index is 1.09. The van der Waals surface area contributed by atoms with E-state index in [0.29, 0.717) is 67.6 Å². The number of benzene rings is 3. The van der Waals surface area contributed by atoms with E-state index < -0.39 is 43.1 Å². The van der Waals surface area contributed by atoms with E-state index in [-0.39, 0.29) is 0 Å². The maximum atomic E-state index is 12.2. The molecule has 0 saturated carbocycles. The predicted octanol–water partition coefficient (Wildman–Crippen LogP) is 2.59. The van der Waals surface area contributed by atoms with Gasteiger partial charge in [0.25, 0.3) is 0 Å². The van der Waals surface area contributed by atoms with Crippen LogP contribution in [-0.2, 0) is 22.5 Å². The highest BCUT2D eigenvalue weighted by Gasteiger charge is 2.44. The van der Waals surface area contributed by atoms with E-state index in [1.54, 1.807) is 4.57 Å². The van der Waals surface area contributed by atoms with Gasteiger partial charge in [0, 0.05) is 23.6 Å². The molecule has 13 heteroatoms. The van der Waals surface area contributed by atoms with E-state index in [1.807, 2.05) is 79.9 Å². The number of aliphatic hydroxyl groups is 3. The highest BCUT2D eigenvalue weighted by molar-refractivity contribution is 5.85. The zero-order valence-corrected chi connectivity index (χ0v) is 26.7. The number of hydrogen-bond donors (Lipinski definition) is 7. The Morgan fingerprint density at radius 2 is 1.90 bits per heavy atom. The number of anilines is 1. The van der Waals surface area contributed by atoms with Crippen LogP contribution in [0.25, 0.3) is 21.9 Å². The lowest BCUT2D eigenvalue weighted by Crippen LogP contribution is -2.43. The van der Waals surface area contributed by atoms with Gasteiger partial charge in [0.1, 0.15) is 18.3 Å². The number of ether oxygens (including phenoxy) is 3. The average molecular weight is 659 g/mol. The van der Waals surface area contributed by atoms with Crippen LogP contribution in [0.5, 0.6) is 11.5 Å². The first-order chi connectivity index (χ1) is 23.4. The van der Waals surface area contributed by atoms with Gasteiger partial charge in [-0.15, -0.1) is 0 Å². The molecule has 6 rings (SSSR count). The lowest BCUT2D eigenvalue weighted by atomic mass is 10.0. The van der Waals surface area contributed by atoms with E-state index in [9.17, 15) is 20.1 Å². The third-order valence-electron chi connectivity index (χ3n) is 8.54. The molecule has 5 aromatic rings. The van der Waals surface area contributed by atoms with Crippen LogP contribution in [0.2, 0.25) is 0 Å². The highest BCUT2D eigenvalue weighted by atomic mass is 16.6. The summed E-state index contributed by atoms with van der Waals surface area (Å²) in [7, 11) is 0. The molecule has 1 fully saturated rings. The molecular weight excluding hydrogens is 616 g/mol. The van der Waals surface area contributed by atoms with Crippen molar-refractivity contribution in [2.45, 2.75) is 56.9 Å². The summed E-state index contributed by atoms with van der Waals surface area (Å²) in [5.74, 6) is 1.22. The number of H-pyrrole nitrogens is 1. The Kier molecular flexibility index (Phi) is 10.4. The Labute approximate surface area is 277 Å². The van der Waals surface area contributed by atoms with Gasteiger partial charge in [0.2, 0.25) is 11.9 Å². The van der Waals surface area contributed by atoms with Crippen molar-refractivity contribution in [1.29, 1.82) is 0 Å². The van der Waals surface area contributed by atoms with Crippen molar-refractivity contribution in [3.8, 4) is 11.5 Å². The molecule has 0 spiro atoms. The van der Waals surface area contributed by atoms with Crippen LogP contribution >= 0.6 is 0 Å². The number of nitrogens with zero attached hydrogens (tertiary/aromatic N) is 2. The number of aliphatic hydroxyl groups excluding tert-OH is 3. The number of hydrogen-bond acceptors (Lipinski definition) is 10. The number of para-hydroxylation sites is 3. The molecule has 2 aromatic heterocycles. The Morgan fingerprint density at radius 1 is 1.08 bits per heavy atom. The molecule has 0 bridgehead atoms. The first-order valence-corrected chi connectivity index (χ1v) is 16.2. The Bertz CT molecular complexity index is 1840. The molecule has 1 aliphatic rings. The minimum atomic E-state index is -1.26. The maximum absolute atomic E-state index is 12.2. The second-order valence-corrected chi connectivity index (χ2v) is 11.8. The average Bonchev–Trinajstić information content (AvgIpc) is 3.76. The zero-order valence-electron chi connectivity index (χ0n) is 26.7. The molecule has 48 heavy (non-hydrogen) atoms. The number of rotatable bonds is 16.